The molecule has 0 bridgehead atoms. The summed E-state index contributed by atoms with van der Waals surface area (Å²) in [5.41, 5.74) is 1.28. The molecular formula is C8H7NO. The van der Waals surface area contributed by atoms with E-state index < -0.39 is 0 Å². The van der Waals surface area contributed by atoms with Gasteiger partial charge in [0, 0.05) is 0 Å². The lowest BCUT2D eigenvalue weighted by Crippen LogP contribution is -1.76. The van der Waals surface area contributed by atoms with Gasteiger partial charge in [-0.2, -0.15) is 5.26 Å². The van der Waals surface area contributed by atoms with E-state index in [2.05, 4.69) is 0 Å². The molecule has 0 aromatic heterocycles. The Morgan fingerprint density at radius 3 is 2.70 bits per heavy atom. The first-order valence-electron chi connectivity index (χ1n) is 2.94. The number of phenols is 1. The number of aromatic hydroxyl groups is 1. The van der Waals surface area contributed by atoms with Crippen LogP contribution in [-0.4, -0.2) is 5.11 Å². The van der Waals surface area contributed by atoms with Crippen LogP contribution in [0.15, 0.2) is 18.2 Å². The second-order valence-electron chi connectivity index (χ2n) is 2.11. The zero-order valence-corrected chi connectivity index (χ0v) is 5.63. The Balaban J connectivity index is 3.20. The lowest BCUT2D eigenvalue weighted by Gasteiger charge is -1.95. The second-order valence-corrected chi connectivity index (χ2v) is 2.11. The monoisotopic (exact) mass is 133 g/mol. The molecule has 1 aromatic carbocycles. The van der Waals surface area contributed by atoms with Gasteiger partial charge in [0.15, 0.2) is 0 Å². The zero-order chi connectivity index (χ0) is 7.56. The van der Waals surface area contributed by atoms with Gasteiger partial charge in [-0.05, 0) is 24.6 Å². The predicted octanol–water partition coefficient (Wildman–Crippen LogP) is 1.57. The van der Waals surface area contributed by atoms with Gasteiger partial charge in [0.1, 0.15) is 5.75 Å². The van der Waals surface area contributed by atoms with E-state index in [-0.39, 0.29) is 5.75 Å². The maximum atomic E-state index is 9.08. The molecule has 0 atom stereocenters. The second kappa shape index (κ2) is 2.40. The van der Waals surface area contributed by atoms with E-state index in [1.807, 2.05) is 6.07 Å². The normalized spacial score (nSPS) is 8.80. The van der Waals surface area contributed by atoms with Gasteiger partial charge in [0.05, 0.1) is 11.6 Å². The highest BCUT2D eigenvalue weighted by atomic mass is 16.3. The number of nitriles is 1. The molecule has 0 radical (unpaired) electrons. The van der Waals surface area contributed by atoms with Gasteiger partial charge in [-0.25, -0.2) is 0 Å². The van der Waals surface area contributed by atoms with Crippen LogP contribution in [0.5, 0.6) is 5.75 Å². The van der Waals surface area contributed by atoms with Crippen molar-refractivity contribution in [2.45, 2.75) is 6.92 Å². The topological polar surface area (TPSA) is 44.0 Å². The number of benzene rings is 1. The van der Waals surface area contributed by atoms with Crippen molar-refractivity contribution >= 4 is 0 Å². The quantitative estimate of drug-likeness (QED) is 0.583. The molecule has 0 saturated heterocycles. The third kappa shape index (κ3) is 1.08. The van der Waals surface area contributed by atoms with Crippen LogP contribution in [0.4, 0.5) is 0 Å². The van der Waals surface area contributed by atoms with Crippen molar-refractivity contribution in [2.24, 2.45) is 0 Å². The first-order valence-corrected chi connectivity index (χ1v) is 2.94. The maximum Gasteiger partial charge on any atom is 0.119 e. The van der Waals surface area contributed by atoms with Crippen LogP contribution in [0.2, 0.25) is 0 Å². The molecule has 2 nitrogen and oxygen atoms in total. The van der Waals surface area contributed by atoms with Gasteiger partial charge in [-0.15, -0.1) is 0 Å². The molecule has 0 unspecified atom stereocenters. The summed E-state index contributed by atoms with van der Waals surface area (Å²) in [6.45, 7) is 1.79. The third-order valence-corrected chi connectivity index (χ3v) is 1.34. The molecule has 2 heteroatoms. The van der Waals surface area contributed by atoms with Crippen molar-refractivity contribution in [2.75, 3.05) is 0 Å². The summed E-state index contributed by atoms with van der Waals surface area (Å²) in [6.07, 6.45) is 0. The van der Waals surface area contributed by atoms with E-state index in [0.29, 0.717) is 5.56 Å². The molecule has 0 aliphatic carbocycles. The van der Waals surface area contributed by atoms with E-state index in [0.717, 1.165) is 5.56 Å². The highest BCUT2D eigenvalue weighted by Crippen LogP contribution is 2.16. The van der Waals surface area contributed by atoms with E-state index in [1.165, 1.54) is 6.07 Å². The fourth-order valence-electron chi connectivity index (χ4n) is 0.679. The van der Waals surface area contributed by atoms with Crippen LogP contribution >= 0.6 is 0 Å². The van der Waals surface area contributed by atoms with Crippen LogP contribution in [0, 0.1) is 18.3 Å². The number of phenolic OH excluding ortho intramolecular Hbond substituents is 1. The summed E-state index contributed by atoms with van der Waals surface area (Å²) in [7, 11) is 0. The Labute approximate surface area is 59.3 Å². The van der Waals surface area contributed by atoms with Crippen LogP contribution in [0.3, 0.4) is 0 Å². The van der Waals surface area contributed by atoms with Crippen molar-refractivity contribution in [3.05, 3.63) is 29.3 Å². The number of hydrogen-bond donors (Lipinski definition) is 1. The van der Waals surface area contributed by atoms with Gasteiger partial charge in [0.25, 0.3) is 0 Å². The molecule has 0 aliphatic heterocycles. The fraction of sp³-hybridized carbons (Fsp3) is 0.125. The van der Waals surface area contributed by atoms with E-state index >= 15 is 0 Å². The Morgan fingerprint density at radius 2 is 2.20 bits per heavy atom. The Hall–Kier alpha value is -1.49. The Bertz CT molecular complexity index is 286. The zero-order valence-electron chi connectivity index (χ0n) is 5.63. The molecule has 1 aromatic rings. The number of nitrogens with zero attached hydrogens (tertiary/aromatic N) is 1. The highest BCUT2D eigenvalue weighted by molar-refractivity contribution is 5.40. The van der Waals surface area contributed by atoms with Gasteiger partial charge >= 0.3 is 0 Å². The number of aryl methyl sites for hydroxylation is 1. The van der Waals surface area contributed by atoms with Crippen LogP contribution in [-0.2, 0) is 0 Å². The number of rotatable bonds is 0. The van der Waals surface area contributed by atoms with Crippen molar-refractivity contribution in [3.63, 3.8) is 0 Å². The lowest BCUT2D eigenvalue weighted by molar-refractivity contribution is 0.471. The molecule has 0 aliphatic rings. The van der Waals surface area contributed by atoms with E-state index in [4.69, 9.17) is 10.4 Å². The van der Waals surface area contributed by atoms with Gasteiger partial charge in [-0.3, -0.25) is 0 Å². The molecule has 0 spiro atoms. The minimum atomic E-state index is 0.180. The molecule has 0 fully saturated rings. The maximum absolute atomic E-state index is 9.08. The molecule has 1 N–H and O–H groups in total. The fourth-order valence-corrected chi connectivity index (χ4v) is 0.679. The molecule has 0 saturated carbocycles. The van der Waals surface area contributed by atoms with E-state index in [1.54, 1.807) is 19.1 Å². The first-order chi connectivity index (χ1) is 4.74. The first kappa shape index (κ1) is 6.63. The van der Waals surface area contributed by atoms with Crippen molar-refractivity contribution in [1.29, 1.82) is 5.26 Å². The summed E-state index contributed by atoms with van der Waals surface area (Å²) in [5.74, 6) is 0.180. The van der Waals surface area contributed by atoms with Crippen LogP contribution < -0.4 is 0 Å². The van der Waals surface area contributed by atoms with Crippen molar-refractivity contribution in [3.8, 4) is 11.8 Å². The summed E-state index contributed by atoms with van der Waals surface area (Å²) in [4.78, 5) is 0. The molecule has 0 amide bonds. The molecule has 1 rings (SSSR count). The van der Waals surface area contributed by atoms with Gasteiger partial charge in [-0.1, -0.05) is 6.07 Å². The van der Waals surface area contributed by atoms with Gasteiger partial charge in [0.2, 0.25) is 0 Å². The minimum absolute atomic E-state index is 0.180. The smallest absolute Gasteiger partial charge is 0.119 e. The SMILES string of the molecule is Cc1ccc(C#N)cc1O. The van der Waals surface area contributed by atoms with Gasteiger partial charge < -0.3 is 5.11 Å². The van der Waals surface area contributed by atoms with Crippen LogP contribution in [0.25, 0.3) is 0 Å². The van der Waals surface area contributed by atoms with Crippen molar-refractivity contribution < 1.29 is 5.11 Å². The predicted molar refractivity (Wildman–Crippen MR) is 37.6 cm³/mol. The largest absolute Gasteiger partial charge is 0.508 e. The summed E-state index contributed by atoms with van der Waals surface area (Å²) < 4.78 is 0. The molecule has 50 valence electrons. The standard InChI is InChI=1S/C8H7NO/c1-6-2-3-7(5-9)4-8(6)10/h2-4,10H,1H3. The molecule has 10 heavy (non-hydrogen) atoms. The molecule has 0 heterocycles. The Morgan fingerprint density at radius 1 is 1.50 bits per heavy atom. The Kier molecular flexibility index (Phi) is 1.59. The number of hydrogen-bond acceptors (Lipinski definition) is 2. The van der Waals surface area contributed by atoms with Crippen LogP contribution in [0.1, 0.15) is 11.1 Å². The third-order valence-electron chi connectivity index (χ3n) is 1.34. The summed E-state index contributed by atoms with van der Waals surface area (Å²) >= 11 is 0. The average molecular weight is 133 g/mol. The average Bonchev–Trinajstić information content (AvgIpc) is 1.95. The minimum Gasteiger partial charge on any atom is -0.508 e. The van der Waals surface area contributed by atoms with Crippen molar-refractivity contribution in [1.82, 2.24) is 0 Å². The lowest BCUT2D eigenvalue weighted by atomic mass is 10.1. The summed E-state index contributed by atoms with van der Waals surface area (Å²) in [6, 6.07) is 6.78. The highest BCUT2D eigenvalue weighted by Gasteiger charge is 1.95. The van der Waals surface area contributed by atoms with E-state index in [9.17, 15) is 0 Å². The summed E-state index contributed by atoms with van der Waals surface area (Å²) in [5, 5.41) is 17.5. The molecular weight excluding hydrogens is 126 g/mol.